The average molecular weight is 474 g/mol. The van der Waals surface area contributed by atoms with Crippen LogP contribution in [0.1, 0.15) is 31.5 Å². The maximum absolute atomic E-state index is 14.5. The van der Waals surface area contributed by atoms with E-state index in [1.165, 1.54) is 24.5 Å². The van der Waals surface area contributed by atoms with Gasteiger partial charge in [-0.05, 0) is 37.8 Å². The number of nitrogens with zero attached hydrogens (tertiary/aromatic N) is 6. The van der Waals surface area contributed by atoms with Crippen molar-refractivity contribution in [3.05, 3.63) is 36.2 Å². The Morgan fingerprint density at radius 3 is 2.74 bits per heavy atom. The van der Waals surface area contributed by atoms with E-state index in [0.29, 0.717) is 40.0 Å². The average Bonchev–Trinajstić information content (AvgIpc) is 3.55. The van der Waals surface area contributed by atoms with E-state index in [9.17, 15) is 4.39 Å². The summed E-state index contributed by atoms with van der Waals surface area (Å²) in [5, 5.41) is 13.6. The number of fused-ring (bicyclic) bond motifs is 5. The number of piperidine rings is 1. The van der Waals surface area contributed by atoms with E-state index in [4.69, 9.17) is 20.7 Å². The van der Waals surface area contributed by atoms with Gasteiger partial charge in [-0.1, -0.05) is 0 Å². The van der Waals surface area contributed by atoms with Crippen molar-refractivity contribution in [2.24, 2.45) is 11.7 Å². The summed E-state index contributed by atoms with van der Waals surface area (Å²) in [7, 11) is 1.75. The van der Waals surface area contributed by atoms with Gasteiger partial charge in [0.2, 0.25) is 0 Å². The van der Waals surface area contributed by atoms with Crippen molar-refractivity contribution in [2.75, 3.05) is 23.8 Å². The summed E-state index contributed by atoms with van der Waals surface area (Å²) >= 11 is 0. The zero-order chi connectivity index (χ0) is 24.3. The second-order valence-corrected chi connectivity index (χ2v) is 9.24. The van der Waals surface area contributed by atoms with Crippen molar-refractivity contribution in [1.29, 1.82) is 5.26 Å². The minimum atomic E-state index is -0.423. The Balaban J connectivity index is 1.48. The van der Waals surface area contributed by atoms with Gasteiger partial charge in [0.15, 0.2) is 5.75 Å². The molecule has 4 aromatic rings. The number of hydrogen-bond donors (Lipinski definition) is 3. The summed E-state index contributed by atoms with van der Waals surface area (Å²) in [5.41, 5.74) is 8.22. The Kier molecular flexibility index (Phi) is 4.93. The van der Waals surface area contributed by atoms with Crippen LogP contribution in [0.5, 0.6) is 11.8 Å². The zero-order valence-corrected chi connectivity index (χ0v) is 19.3. The predicted octanol–water partition coefficient (Wildman–Crippen LogP) is 3.43. The van der Waals surface area contributed by atoms with Gasteiger partial charge in [-0.15, -0.1) is 0 Å². The van der Waals surface area contributed by atoms with Crippen molar-refractivity contribution in [2.45, 2.75) is 37.8 Å². The molecule has 2 aliphatic rings. The molecule has 4 heterocycles. The molecule has 4 atom stereocenters. The molecular weight excluding hydrogens is 449 g/mol. The standard InChI is InChI=1S/C24H24FN9O/c1-11(7-26)21-29-8-15(9-30-21)35-24-32-22-19(16-4-13(25)5-18(28-2)20(16)31-22)23(33-24)34-10-12-3-14(34)6-17(12)27/h4-5,8-9,11-12,14,17,28H,3,6,10,27H2,1-2H3,(H,31,32,33)/t11?,12-,14-,17-/m1/s1. The molecule has 0 spiro atoms. The summed E-state index contributed by atoms with van der Waals surface area (Å²) in [6.07, 6.45) is 4.89. The minimum Gasteiger partial charge on any atom is -0.421 e. The first kappa shape index (κ1) is 21.5. The fourth-order valence-electron chi connectivity index (χ4n) is 5.29. The van der Waals surface area contributed by atoms with Crippen LogP contribution in [0.25, 0.3) is 21.9 Å². The lowest BCUT2D eigenvalue weighted by Gasteiger charge is -2.31. The van der Waals surface area contributed by atoms with Crippen molar-refractivity contribution < 1.29 is 9.13 Å². The number of halogens is 1. The Bertz CT molecular complexity index is 1480. The van der Waals surface area contributed by atoms with Crippen LogP contribution in [-0.2, 0) is 0 Å². The van der Waals surface area contributed by atoms with Crippen molar-refractivity contribution in [3.8, 4) is 17.8 Å². The van der Waals surface area contributed by atoms with E-state index in [1.54, 1.807) is 14.0 Å². The molecule has 1 aromatic carbocycles. The van der Waals surface area contributed by atoms with E-state index >= 15 is 0 Å². The summed E-state index contributed by atoms with van der Waals surface area (Å²) < 4.78 is 20.4. The van der Waals surface area contributed by atoms with Gasteiger partial charge >= 0.3 is 6.01 Å². The van der Waals surface area contributed by atoms with Gasteiger partial charge in [0.1, 0.15) is 29.0 Å². The number of nitrogens with two attached hydrogens (primary N) is 1. The van der Waals surface area contributed by atoms with E-state index in [0.717, 1.165) is 30.3 Å². The van der Waals surface area contributed by atoms with Crippen LogP contribution in [0.15, 0.2) is 24.5 Å². The topological polar surface area (TPSA) is 142 Å². The lowest BCUT2D eigenvalue weighted by Crippen LogP contribution is -2.41. The van der Waals surface area contributed by atoms with Crippen LogP contribution >= 0.6 is 0 Å². The van der Waals surface area contributed by atoms with Gasteiger partial charge in [-0.2, -0.15) is 15.2 Å². The summed E-state index contributed by atoms with van der Waals surface area (Å²) in [4.78, 5) is 23.4. The molecule has 1 aliphatic heterocycles. The summed E-state index contributed by atoms with van der Waals surface area (Å²) in [6.45, 7) is 2.51. The quantitative estimate of drug-likeness (QED) is 0.397. The molecule has 2 fully saturated rings. The Labute approximate surface area is 200 Å². The molecule has 178 valence electrons. The molecule has 0 radical (unpaired) electrons. The molecule has 0 amide bonds. The number of hydrogen-bond acceptors (Lipinski definition) is 9. The second-order valence-electron chi connectivity index (χ2n) is 9.24. The van der Waals surface area contributed by atoms with Gasteiger partial charge < -0.3 is 25.7 Å². The number of rotatable bonds is 5. The molecule has 2 bridgehead atoms. The van der Waals surface area contributed by atoms with Gasteiger partial charge in [0.25, 0.3) is 0 Å². The van der Waals surface area contributed by atoms with E-state index in [1.807, 2.05) is 0 Å². The highest BCUT2D eigenvalue weighted by Gasteiger charge is 2.44. The molecule has 1 unspecified atom stereocenters. The van der Waals surface area contributed by atoms with Crippen molar-refractivity contribution in [3.63, 3.8) is 0 Å². The molecule has 10 nitrogen and oxygen atoms in total. The first-order valence-corrected chi connectivity index (χ1v) is 11.6. The van der Waals surface area contributed by atoms with E-state index < -0.39 is 5.92 Å². The van der Waals surface area contributed by atoms with Gasteiger partial charge in [0.05, 0.1) is 35.1 Å². The van der Waals surface area contributed by atoms with Gasteiger partial charge in [-0.25, -0.2) is 14.4 Å². The highest BCUT2D eigenvalue weighted by molar-refractivity contribution is 6.14. The number of nitriles is 1. The van der Waals surface area contributed by atoms with Gasteiger partial charge in [0, 0.05) is 31.1 Å². The Hall–Kier alpha value is -4.04. The van der Waals surface area contributed by atoms with Crippen LogP contribution in [-0.4, -0.2) is 50.6 Å². The lowest BCUT2D eigenvalue weighted by atomic mass is 10.0. The number of aromatic amines is 1. The molecular formula is C24H24FN9O. The number of H-pyrrole nitrogens is 1. The van der Waals surface area contributed by atoms with Crippen LogP contribution in [0.2, 0.25) is 0 Å². The third-order valence-electron chi connectivity index (χ3n) is 7.06. The normalized spacial score (nSPS) is 22.0. The molecule has 1 saturated heterocycles. The van der Waals surface area contributed by atoms with E-state index in [-0.39, 0.29) is 23.9 Å². The van der Waals surface area contributed by atoms with Crippen LogP contribution in [0, 0.1) is 23.1 Å². The molecule has 1 aliphatic carbocycles. The summed E-state index contributed by atoms with van der Waals surface area (Å²) in [6, 6.07) is 5.64. The maximum Gasteiger partial charge on any atom is 0.326 e. The monoisotopic (exact) mass is 473 g/mol. The summed E-state index contributed by atoms with van der Waals surface area (Å²) in [5.74, 6) is 1.09. The number of aromatic nitrogens is 5. The first-order chi connectivity index (χ1) is 16.9. The minimum absolute atomic E-state index is 0.127. The zero-order valence-electron chi connectivity index (χ0n) is 19.3. The number of ether oxygens (including phenoxy) is 1. The van der Waals surface area contributed by atoms with E-state index in [2.05, 4.69) is 36.2 Å². The highest BCUT2D eigenvalue weighted by Crippen LogP contribution is 2.44. The third kappa shape index (κ3) is 3.49. The van der Waals surface area contributed by atoms with Crippen LogP contribution in [0.4, 0.5) is 15.9 Å². The molecule has 4 N–H and O–H groups in total. The fourth-order valence-corrected chi connectivity index (χ4v) is 5.29. The number of anilines is 2. The van der Waals surface area contributed by atoms with Crippen molar-refractivity contribution >= 4 is 33.4 Å². The first-order valence-electron chi connectivity index (χ1n) is 11.6. The van der Waals surface area contributed by atoms with Gasteiger partial charge in [-0.3, -0.25) is 0 Å². The predicted molar refractivity (Wildman–Crippen MR) is 129 cm³/mol. The van der Waals surface area contributed by atoms with Crippen LogP contribution < -0.4 is 20.7 Å². The number of benzene rings is 1. The third-order valence-corrected chi connectivity index (χ3v) is 7.06. The SMILES string of the molecule is CNc1cc(F)cc2c1[nH]c1nc(Oc3cnc(C(C)C#N)nc3)nc(N3C[C@H]4C[C@@H]3C[C@H]4N)c12. The fraction of sp³-hybridized carbons (Fsp3) is 0.375. The van der Waals surface area contributed by atoms with Crippen LogP contribution in [0.3, 0.4) is 0 Å². The largest absolute Gasteiger partial charge is 0.421 e. The lowest BCUT2D eigenvalue weighted by molar-refractivity contribution is 0.435. The number of nitrogens with one attached hydrogen (secondary N) is 2. The molecule has 6 rings (SSSR count). The van der Waals surface area contributed by atoms with Crippen molar-refractivity contribution in [1.82, 2.24) is 24.9 Å². The molecule has 35 heavy (non-hydrogen) atoms. The highest BCUT2D eigenvalue weighted by atomic mass is 19.1. The molecule has 1 saturated carbocycles. The second kappa shape index (κ2) is 8.02. The Morgan fingerprint density at radius 1 is 1.29 bits per heavy atom. The smallest absolute Gasteiger partial charge is 0.326 e. The molecule has 11 heteroatoms. The maximum atomic E-state index is 14.5. The molecule has 3 aromatic heterocycles. The Morgan fingerprint density at radius 2 is 2.09 bits per heavy atom.